The van der Waals surface area contributed by atoms with E-state index in [-0.39, 0.29) is 6.04 Å². The van der Waals surface area contributed by atoms with Gasteiger partial charge in [0.1, 0.15) is 6.04 Å². The maximum absolute atomic E-state index is 12.9. The number of carbonyl (C=O) groups excluding carboxylic acids is 1. The van der Waals surface area contributed by atoms with Crippen LogP contribution < -0.4 is 0 Å². The molecule has 146 valence electrons. The third-order valence-electron chi connectivity index (χ3n) is 6.51. The highest BCUT2D eigenvalue weighted by molar-refractivity contribution is 5.92. The molecular weight excluding hydrogens is 348 g/mol. The van der Waals surface area contributed by atoms with E-state index in [1.165, 1.54) is 16.5 Å². The molecule has 5 nitrogen and oxygen atoms in total. The van der Waals surface area contributed by atoms with Gasteiger partial charge in [-0.3, -0.25) is 14.8 Å². The van der Waals surface area contributed by atoms with Gasteiger partial charge in [0, 0.05) is 61.9 Å². The Kier molecular flexibility index (Phi) is 4.43. The van der Waals surface area contributed by atoms with Crippen LogP contribution in [0.5, 0.6) is 0 Å². The zero-order valence-corrected chi connectivity index (χ0v) is 16.7. The molecule has 1 amide bonds. The lowest BCUT2D eigenvalue weighted by atomic mass is 9.82. The van der Waals surface area contributed by atoms with Crippen LogP contribution in [-0.4, -0.2) is 60.1 Å². The second-order valence-electron chi connectivity index (χ2n) is 9.01. The van der Waals surface area contributed by atoms with Crippen LogP contribution in [0.4, 0.5) is 0 Å². The standard InChI is InChI=1S/C23H28N4O/c1-15-8-17(14-27(11-15)22(28)9-16-12-26(2)13-16)18-5-6-20(21-10-25-21)23-19(18)4-3-7-24-23/h3-7,10,15-17,21H,8-9,11-14H2,1-2H3/t15-,17+,21?/m1/s1. The van der Waals surface area contributed by atoms with E-state index in [4.69, 9.17) is 0 Å². The van der Waals surface area contributed by atoms with Crippen molar-refractivity contribution in [3.05, 3.63) is 41.6 Å². The van der Waals surface area contributed by atoms with E-state index in [0.717, 1.165) is 38.1 Å². The summed E-state index contributed by atoms with van der Waals surface area (Å²) in [5, 5.41) is 1.22. The number of likely N-dealkylation sites (tertiary alicyclic amines) is 2. The molecule has 1 aromatic heterocycles. The molecule has 2 saturated heterocycles. The maximum atomic E-state index is 12.9. The number of carbonyl (C=O) groups is 1. The highest BCUT2D eigenvalue weighted by atomic mass is 16.2. The van der Waals surface area contributed by atoms with Crippen LogP contribution in [0.2, 0.25) is 0 Å². The topological polar surface area (TPSA) is 48.8 Å². The predicted molar refractivity (Wildman–Crippen MR) is 112 cm³/mol. The maximum Gasteiger partial charge on any atom is 0.222 e. The highest BCUT2D eigenvalue weighted by Gasteiger charge is 2.33. The average Bonchev–Trinajstić information content (AvgIpc) is 3.50. The van der Waals surface area contributed by atoms with E-state index < -0.39 is 0 Å². The first kappa shape index (κ1) is 17.8. The second-order valence-corrected chi connectivity index (χ2v) is 9.01. The van der Waals surface area contributed by atoms with Crippen molar-refractivity contribution in [3.8, 4) is 0 Å². The Morgan fingerprint density at radius 1 is 1.14 bits per heavy atom. The Labute approximate surface area is 166 Å². The number of piperidine rings is 1. The number of aliphatic imine (C=N–C) groups is 1. The van der Waals surface area contributed by atoms with Gasteiger partial charge in [0.05, 0.1) is 5.52 Å². The Balaban J connectivity index is 1.39. The molecule has 0 saturated carbocycles. The van der Waals surface area contributed by atoms with E-state index in [2.05, 4.69) is 51.9 Å². The lowest BCUT2D eigenvalue weighted by molar-refractivity contribution is -0.135. The van der Waals surface area contributed by atoms with Crippen molar-refractivity contribution in [2.45, 2.75) is 31.7 Å². The number of amides is 1. The summed E-state index contributed by atoms with van der Waals surface area (Å²) in [7, 11) is 2.12. The van der Waals surface area contributed by atoms with Gasteiger partial charge in [-0.25, -0.2) is 0 Å². The van der Waals surface area contributed by atoms with Gasteiger partial charge in [0.25, 0.3) is 0 Å². The van der Waals surface area contributed by atoms with Crippen LogP contribution in [0.3, 0.4) is 0 Å². The molecule has 2 aromatic rings. The largest absolute Gasteiger partial charge is 0.342 e. The average molecular weight is 377 g/mol. The highest BCUT2D eigenvalue weighted by Crippen LogP contribution is 2.38. The lowest BCUT2D eigenvalue weighted by Gasteiger charge is -2.40. The van der Waals surface area contributed by atoms with E-state index in [9.17, 15) is 4.79 Å². The van der Waals surface area contributed by atoms with Crippen molar-refractivity contribution < 1.29 is 4.79 Å². The summed E-state index contributed by atoms with van der Waals surface area (Å²) in [5.74, 6) is 1.76. The number of hydrogen-bond acceptors (Lipinski definition) is 4. The van der Waals surface area contributed by atoms with Crippen LogP contribution in [0.1, 0.15) is 42.9 Å². The molecule has 4 heterocycles. The third-order valence-corrected chi connectivity index (χ3v) is 6.51. The van der Waals surface area contributed by atoms with Gasteiger partial charge in [-0.1, -0.05) is 25.1 Å². The molecule has 0 aliphatic carbocycles. The molecule has 3 atom stereocenters. The molecule has 28 heavy (non-hydrogen) atoms. The monoisotopic (exact) mass is 376 g/mol. The van der Waals surface area contributed by atoms with Crippen LogP contribution >= 0.6 is 0 Å². The summed E-state index contributed by atoms with van der Waals surface area (Å²) in [6.45, 7) is 6.10. The quantitative estimate of drug-likeness (QED) is 0.823. The fraction of sp³-hybridized carbons (Fsp3) is 0.522. The van der Waals surface area contributed by atoms with Gasteiger partial charge < -0.3 is 9.80 Å². The molecule has 0 bridgehead atoms. The summed E-state index contributed by atoms with van der Waals surface area (Å²) in [4.78, 5) is 26.3. The van der Waals surface area contributed by atoms with Crippen molar-refractivity contribution in [3.63, 3.8) is 0 Å². The van der Waals surface area contributed by atoms with Gasteiger partial charge >= 0.3 is 0 Å². The molecule has 5 heteroatoms. The van der Waals surface area contributed by atoms with Gasteiger partial charge in [0.15, 0.2) is 0 Å². The fourth-order valence-corrected chi connectivity index (χ4v) is 5.13. The van der Waals surface area contributed by atoms with Crippen LogP contribution in [-0.2, 0) is 4.79 Å². The molecule has 5 rings (SSSR count). The molecular formula is C23H28N4O. The van der Waals surface area contributed by atoms with Crippen molar-refractivity contribution in [2.24, 2.45) is 16.8 Å². The van der Waals surface area contributed by atoms with E-state index in [1.807, 2.05) is 18.5 Å². The van der Waals surface area contributed by atoms with Crippen LogP contribution in [0.15, 0.2) is 35.5 Å². The molecule has 1 aromatic carbocycles. The molecule has 1 unspecified atom stereocenters. The molecule has 0 spiro atoms. The first-order valence-corrected chi connectivity index (χ1v) is 10.5. The summed E-state index contributed by atoms with van der Waals surface area (Å²) < 4.78 is 0. The van der Waals surface area contributed by atoms with Crippen molar-refractivity contribution in [1.29, 1.82) is 0 Å². The Morgan fingerprint density at radius 3 is 2.68 bits per heavy atom. The number of aromatic nitrogens is 1. The Hall–Kier alpha value is -2.27. The zero-order valence-electron chi connectivity index (χ0n) is 16.7. The van der Waals surface area contributed by atoms with Crippen molar-refractivity contribution in [2.75, 3.05) is 33.2 Å². The predicted octanol–water partition coefficient (Wildman–Crippen LogP) is 3.26. The van der Waals surface area contributed by atoms with Crippen LogP contribution in [0.25, 0.3) is 10.9 Å². The SMILES string of the molecule is C[C@@H]1C[C@H](c2ccc(C3C=N3)c3ncccc23)CN(C(=O)CC2CN(C)C2)C1. The number of nitrogens with zero attached hydrogens (tertiary/aromatic N) is 4. The van der Waals surface area contributed by atoms with E-state index in [1.54, 1.807) is 0 Å². The number of pyridine rings is 1. The first-order chi connectivity index (χ1) is 13.6. The summed E-state index contributed by atoms with van der Waals surface area (Å²) in [6, 6.07) is 8.85. The van der Waals surface area contributed by atoms with Crippen molar-refractivity contribution in [1.82, 2.24) is 14.8 Å². The molecule has 0 N–H and O–H groups in total. The Morgan fingerprint density at radius 2 is 1.93 bits per heavy atom. The molecule has 2 fully saturated rings. The minimum atomic E-state index is 0.204. The third kappa shape index (κ3) is 3.32. The molecule has 3 aliphatic heterocycles. The van der Waals surface area contributed by atoms with Crippen molar-refractivity contribution >= 4 is 23.0 Å². The minimum Gasteiger partial charge on any atom is -0.342 e. The second kappa shape index (κ2) is 6.96. The molecule has 0 radical (unpaired) electrons. The number of rotatable bonds is 4. The van der Waals surface area contributed by atoms with E-state index >= 15 is 0 Å². The van der Waals surface area contributed by atoms with Gasteiger partial charge in [-0.2, -0.15) is 0 Å². The van der Waals surface area contributed by atoms with Crippen LogP contribution in [0, 0.1) is 11.8 Å². The zero-order chi connectivity index (χ0) is 19.3. The summed E-state index contributed by atoms with van der Waals surface area (Å²) >= 11 is 0. The van der Waals surface area contributed by atoms with Gasteiger partial charge in [-0.05, 0) is 36.9 Å². The Bertz CT molecular complexity index is 927. The number of fused-ring (bicyclic) bond motifs is 1. The van der Waals surface area contributed by atoms with Gasteiger partial charge in [-0.15, -0.1) is 0 Å². The van der Waals surface area contributed by atoms with E-state index in [0.29, 0.717) is 30.1 Å². The fourth-order valence-electron chi connectivity index (χ4n) is 5.13. The first-order valence-electron chi connectivity index (χ1n) is 10.5. The summed E-state index contributed by atoms with van der Waals surface area (Å²) in [5.41, 5.74) is 3.60. The minimum absolute atomic E-state index is 0.204. The number of hydrogen-bond donors (Lipinski definition) is 0. The lowest BCUT2D eigenvalue weighted by Crippen LogP contribution is -2.48. The molecule has 3 aliphatic rings. The van der Waals surface area contributed by atoms with Gasteiger partial charge in [0.2, 0.25) is 5.91 Å². The number of benzene rings is 1. The summed E-state index contributed by atoms with van der Waals surface area (Å²) in [6.07, 6.45) is 5.67. The normalized spacial score (nSPS) is 27.8. The smallest absolute Gasteiger partial charge is 0.222 e.